The van der Waals surface area contributed by atoms with Crippen LogP contribution in [-0.4, -0.2) is 25.2 Å². The number of aromatic nitrogens is 5. The van der Waals surface area contributed by atoms with Gasteiger partial charge in [-0.05, 0) is 40.3 Å². The Morgan fingerprint density at radius 3 is 2.83 bits per heavy atom. The molecular weight excluding hydrogens is 302 g/mol. The average molecular weight is 317 g/mol. The van der Waals surface area contributed by atoms with Crippen LogP contribution in [0.3, 0.4) is 0 Å². The quantitative estimate of drug-likeness (QED) is 0.566. The number of nitrogens with zero attached hydrogens (tertiary/aromatic N) is 5. The van der Waals surface area contributed by atoms with E-state index in [1.54, 1.807) is 11.0 Å². The number of ether oxygens (including phenoxy) is 1. The summed E-state index contributed by atoms with van der Waals surface area (Å²) in [7, 11) is 0. The van der Waals surface area contributed by atoms with Gasteiger partial charge in [0, 0.05) is 5.39 Å². The average Bonchev–Trinajstić information content (AvgIpc) is 3.13. The number of rotatable bonds is 5. The summed E-state index contributed by atoms with van der Waals surface area (Å²) in [5.74, 6) is 0.801. The van der Waals surface area contributed by atoms with Crippen molar-refractivity contribution < 1.29 is 4.74 Å². The molecule has 0 atom stereocenters. The lowest BCUT2D eigenvalue weighted by molar-refractivity contribution is 0.301. The SMILES string of the molecule is c1cc(Cn2cnnn2)cc(OCc2ccc3ccccc3n2)c1. The van der Waals surface area contributed by atoms with Gasteiger partial charge in [-0.2, -0.15) is 0 Å². The van der Waals surface area contributed by atoms with Crippen LogP contribution in [0.15, 0.2) is 67.0 Å². The molecule has 2 aromatic heterocycles. The molecule has 0 amide bonds. The molecule has 0 bridgehead atoms. The molecule has 0 saturated heterocycles. The summed E-state index contributed by atoms with van der Waals surface area (Å²) in [6.45, 7) is 1.04. The third kappa shape index (κ3) is 3.22. The van der Waals surface area contributed by atoms with Gasteiger partial charge in [0.1, 0.15) is 18.7 Å². The minimum absolute atomic E-state index is 0.430. The number of hydrogen-bond acceptors (Lipinski definition) is 5. The Morgan fingerprint density at radius 2 is 1.92 bits per heavy atom. The minimum Gasteiger partial charge on any atom is -0.487 e. The summed E-state index contributed by atoms with van der Waals surface area (Å²) in [5, 5.41) is 12.3. The van der Waals surface area contributed by atoms with Gasteiger partial charge < -0.3 is 4.74 Å². The van der Waals surface area contributed by atoms with E-state index in [1.165, 1.54) is 0 Å². The van der Waals surface area contributed by atoms with Gasteiger partial charge in [-0.25, -0.2) is 9.67 Å². The maximum Gasteiger partial charge on any atom is 0.138 e. The second-order valence-electron chi connectivity index (χ2n) is 5.44. The number of hydrogen-bond donors (Lipinski definition) is 0. The molecule has 4 aromatic rings. The fourth-order valence-corrected chi connectivity index (χ4v) is 2.52. The van der Waals surface area contributed by atoms with E-state index >= 15 is 0 Å². The second kappa shape index (κ2) is 6.45. The number of tetrazole rings is 1. The van der Waals surface area contributed by atoms with Crippen LogP contribution in [0.2, 0.25) is 0 Å². The Labute approximate surface area is 138 Å². The molecule has 0 aliphatic carbocycles. The van der Waals surface area contributed by atoms with Crippen LogP contribution in [0.5, 0.6) is 5.75 Å². The van der Waals surface area contributed by atoms with E-state index in [0.717, 1.165) is 27.9 Å². The lowest BCUT2D eigenvalue weighted by Gasteiger charge is -2.08. The molecule has 6 nitrogen and oxygen atoms in total. The third-order valence-corrected chi connectivity index (χ3v) is 3.68. The maximum atomic E-state index is 5.88. The van der Waals surface area contributed by atoms with Gasteiger partial charge in [-0.15, -0.1) is 5.10 Å². The molecule has 0 aliphatic rings. The van der Waals surface area contributed by atoms with Crippen LogP contribution in [0, 0.1) is 0 Å². The van der Waals surface area contributed by atoms with Gasteiger partial charge >= 0.3 is 0 Å². The van der Waals surface area contributed by atoms with Crippen LogP contribution in [0.25, 0.3) is 10.9 Å². The topological polar surface area (TPSA) is 65.7 Å². The Balaban J connectivity index is 1.46. The van der Waals surface area contributed by atoms with Gasteiger partial charge in [0.15, 0.2) is 0 Å². The monoisotopic (exact) mass is 317 g/mol. The standard InChI is InChI=1S/C18H15N5O/c1-2-7-18-15(5-1)8-9-16(20-18)12-24-17-6-3-4-14(10-17)11-23-13-19-21-22-23/h1-10,13H,11-12H2. The molecule has 0 N–H and O–H groups in total. The van der Waals surface area contributed by atoms with Crippen molar-refractivity contribution in [1.29, 1.82) is 0 Å². The molecule has 6 heteroatoms. The molecule has 0 aliphatic heterocycles. The smallest absolute Gasteiger partial charge is 0.138 e. The molecule has 4 rings (SSSR count). The predicted molar refractivity (Wildman–Crippen MR) is 89.4 cm³/mol. The Bertz CT molecular complexity index is 952. The van der Waals surface area contributed by atoms with Crippen LogP contribution >= 0.6 is 0 Å². The predicted octanol–water partition coefficient (Wildman–Crippen LogP) is 2.85. The lowest BCUT2D eigenvalue weighted by Crippen LogP contribution is -2.02. The fraction of sp³-hybridized carbons (Fsp3) is 0.111. The lowest BCUT2D eigenvalue weighted by atomic mass is 10.2. The van der Waals surface area contributed by atoms with Crippen molar-refractivity contribution in [2.45, 2.75) is 13.2 Å². The van der Waals surface area contributed by atoms with Crippen LogP contribution in [0.4, 0.5) is 0 Å². The van der Waals surface area contributed by atoms with Crippen molar-refractivity contribution in [1.82, 2.24) is 25.2 Å². The van der Waals surface area contributed by atoms with Crippen molar-refractivity contribution in [3.63, 3.8) is 0 Å². The Kier molecular flexibility index (Phi) is 3.85. The highest BCUT2D eigenvalue weighted by atomic mass is 16.5. The van der Waals surface area contributed by atoms with Crippen LogP contribution in [-0.2, 0) is 13.2 Å². The van der Waals surface area contributed by atoms with E-state index in [2.05, 4.69) is 32.6 Å². The van der Waals surface area contributed by atoms with Gasteiger partial charge in [0.2, 0.25) is 0 Å². The van der Waals surface area contributed by atoms with Gasteiger partial charge in [0.25, 0.3) is 0 Å². The summed E-state index contributed by atoms with van der Waals surface area (Å²) in [6.07, 6.45) is 1.59. The summed E-state index contributed by atoms with van der Waals surface area (Å²) >= 11 is 0. The van der Waals surface area contributed by atoms with E-state index < -0.39 is 0 Å². The summed E-state index contributed by atoms with van der Waals surface area (Å²) in [5.41, 5.74) is 2.96. The number of fused-ring (bicyclic) bond motifs is 1. The first-order chi connectivity index (χ1) is 11.9. The molecule has 118 valence electrons. The zero-order chi connectivity index (χ0) is 16.2. The molecule has 0 unspecified atom stereocenters. The zero-order valence-corrected chi connectivity index (χ0v) is 12.9. The van der Waals surface area contributed by atoms with Crippen molar-refractivity contribution >= 4 is 10.9 Å². The first-order valence-corrected chi connectivity index (χ1v) is 7.64. The van der Waals surface area contributed by atoms with Gasteiger partial charge in [-0.3, -0.25) is 0 Å². The molecule has 0 fully saturated rings. The molecule has 24 heavy (non-hydrogen) atoms. The summed E-state index contributed by atoms with van der Waals surface area (Å²) in [6, 6.07) is 20.0. The van der Waals surface area contributed by atoms with Crippen LogP contribution in [0.1, 0.15) is 11.3 Å². The Hall–Kier alpha value is -3.28. The van der Waals surface area contributed by atoms with Crippen molar-refractivity contribution in [3.8, 4) is 5.75 Å². The minimum atomic E-state index is 0.430. The molecule has 2 heterocycles. The highest BCUT2D eigenvalue weighted by Gasteiger charge is 2.02. The first-order valence-electron chi connectivity index (χ1n) is 7.64. The fourth-order valence-electron chi connectivity index (χ4n) is 2.52. The van der Waals surface area contributed by atoms with E-state index in [4.69, 9.17) is 4.74 Å². The number of pyridine rings is 1. The molecule has 0 spiro atoms. The third-order valence-electron chi connectivity index (χ3n) is 3.68. The highest BCUT2D eigenvalue weighted by Crippen LogP contribution is 2.17. The van der Waals surface area contributed by atoms with Gasteiger partial charge in [-0.1, -0.05) is 36.4 Å². The molecule has 2 aromatic carbocycles. The number of benzene rings is 2. The largest absolute Gasteiger partial charge is 0.487 e. The summed E-state index contributed by atoms with van der Waals surface area (Å²) in [4.78, 5) is 4.62. The van der Waals surface area contributed by atoms with E-state index in [1.807, 2.05) is 48.5 Å². The molecule has 0 radical (unpaired) electrons. The second-order valence-corrected chi connectivity index (χ2v) is 5.44. The van der Waals surface area contributed by atoms with E-state index in [9.17, 15) is 0 Å². The Morgan fingerprint density at radius 1 is 0.958 bits per heavy atom. The highest BCUT2D eigenvalue weighted by molar-refractivity contribution is 5.78. The summed E-state index contributed by atoms with van der Waals surface area (Å²) < 4.78 is 7.55. The number of para-hydroxylation sites is 1. The van der Waals surface area contributed by atoms with Crippen LogP contribution < -0.4 is 4.74 Å². The normalized spacial score (nSPS) is 10.8. The van der Waals surface area contributed by atoms with Crippen molar-refractivity contribution in [2.75, 3.05) is 0 Å². The maximum absolute atomic E-state index is 5.88. The van der Waals surface area contributed by atoms with Gasteiger partial charge in [0.05, 0.1) is 17.8 Å². The van der Waals surface area contributed by atoms with E-state index in [0.29, 0.717) is 13.2 Å². The molecule has 0 saturated carbocycles. The van der Waals surface area contributed by atoms with Crippen molar-refractivity contribution in [3.05, 3.63) is 78.2 Å². The zero-order valence-electron chi connectivity index (χ0n) is 12.9. The first kappa shape index (κ1) is 14.3. The van der Waals surface area contributed by atoms with Crippen molar-refractivity contribution in [2.24, 2.45) is 0 Å². The molecular formula is C18H15N5O. The van der Waals surface area contributed by atoms with E-state index in [-0.39, 0.29) is 0 Å².